The molecule has 0 aliphatic rings. The quantitative estimate of drug-likeness (QED) is 0.145. The van der Waals surface area contributed by atoms with Gasteiger partial charge in [-0.25, -0.2) is 0 Å². The van der Waals surface area contributed by atoms with Gasteiger partial charge in [0.25, 0.3) is 0 Å². The van der Waals surface area contributed by atoms with Crippen molar-refractivity contribution in [2.45, 2.75) is 6.92 Å². The van der Waals surface area contributed by atoms with Gasteiger partial charge < -0.3 is 14.2 Å². The molecule has 0 saturated heterocycles. The molecule has 0 bridgehead atoms. The zero-order valence-corrected chi connectivity index (χ0v) is 34.3. The van der Waals surface area contributed by atoms with Crippen molar-refractivity contribution in [3.63, 3.8) is 0 Å². The van der Waals surface area contributed by atoms with E-state index in [1.165, 1.54) is 32.8 Å². The first-order valence-corrected chi connectivity index (χ1v) is 21.2. The smallest absolute Gasteiger partial charge is 0.137 e. The standard InChI is InChI=1S/C59H42N2O/c1-41-16-15-27-57-59(41)54-37-36-51(40-58(54)62-57)61(56-39-46-20-12-11-19-45(46)38-55(56)42-17-5-2-6-18-42)50-34-30-44(31-35-50)53-26-14-13-25-52(53)43-28-32-49(33-29-43)60(47-21-7-3-8-22-47)48-23-9-4-10-24-48/h2-40H,1H3. The Labute approximate surface area is 362 Å². The normalized spacial score (nSPS) is 11.3. The molecule has 11 aromatic rings. The van der Waals surface area contributed by atoms with Crippen LogP contribution in [0.2, 0.25) is 0 Å². The summed E-state index contributed by atoms with van der Waals surface area (Å²) in [4.78, 5) is 4.68. The second-order valence-corrected chi connectivity index (χ2v) is 15.8. The third kappa shape index (κ3) is 6.76. The minimum absolute atomic E-state index is 0.867. The van der Waals surface area contributed by atoms with Crippen molar-refractivity contribution in [2.24, 2.45) is 0 Å². The van der Waals surface area contributed by atoms with Gasteiger partial charge in [-0.2, -0.15) is 0 Å². The number of anilines is 6. The minimum Gasteiger partial charge on any atom is -0.456 e. The monoisotopic (exact) mass is 794 g/mol. The molecular weight excluding hydrogens is 753 g/mol. The summed E-state index contributed by atoms with van der Waals surface area (Å²) in [6.45, 7) is 2.15. The molecule has 0 atom stereocenters. The van der Waals surface area contributed by atoms with Crippen LogP contribution in [-0.4, -0.2) is 0 Å². The SMILES string of the molecule is Cc1cccc2oc3cc(N(c4ccc(-c5ccccc5-c5ccc(N(c6ccccc6)c6ccccc6)cc5)cc4)c4cc5ccccc5cc4-c4ccccc4)ccc3c12. The Kier molecular flexibility index (Phi) is 9.40. The number of benzene rings is 10. The molecule has 3 heteroatoms. The van der Waals surface area contributed by atoms with E-state index >= 15 is 0 Å². The van der Waals surface area contributed by atoms with Crippen LogP contribution in [-0.2, 0) is 0 Å². The van der Waals surface area contributed by atoms with E-state index in [1.807, 2.05) is 0 Å². The molecule has 294 valence electrons. The Hall–Kier alpha value is -8.14. The maximum atomic E-state index is 6.55. The van der Waals surface area contributed by atoms with Gasteiger partial charge in [-0.1, -0.05) is 152 Å². The van der Waals surface area contributed by atoms with Crippen LogP contribution in [0.4, 0.5) is 34.1 Å². The number of para-hydroxylation sites is 2. The molecule has 0 amide bonds. The first-order valence-electron chi connectivity index (χ1n) is 21.2. The summed E-state index contributed by atoms with van der Waals surface area (Å²) in [7, 11) is 0. The average molecular weight is 795 g/mol. The molecule has 0 unspecified atom stereocenters. The van der Waals surface area contributed by atoms with Crippen LogP contribution in [0, 0.1) is 6.92 Å². The van der Waals surface area contributed by atoms with Crippen LogP contribution in [0.15, 0.2) is 241 Å². The van der Waals surface area contributed by atoms with E-state index in [9.17, 15) is 0 Å². The van der Waals surface area contributed by atoms with Crippen molar-refractivity contribution in [3.8, 4) is 33.4 Å². The van der Waals surface area contributed by atoms with Gasteiger partial charge in [0.15, 0.2) is 0 Å². The first kappa shape index (κ1) is 36.9. The van der Waals surface area contributed by atoms with Gasteiger partial charge in [0.05, 0.1) is 5.69 Å². The van der Waals surface area contributed by atoms with Gasteiger partial charge >= 0.3 is 0 Å². The molecule has 1 aromatic heterocycles. The van der Waals surface area contributed by atoms with Crippen molar-refractivity contribution in [2.75, 3.05) is 9.80 Å². The summed E-state index contributed by atoms with van der Waals surface area (Å²) in [6.07, 6.45) is 0. The number of hydrogen-bond donors (Lipinski definition) is 0. The minimum atomic E-state index is 0.867. The lowest BCUT2D eigenvalue weighted by Gasteiger charge is -2.28. The van der Waals surface area contributed by atoms with Crippen LogP contribution < -0.4 is 9.80 Å². The Morgan fingerprint density at radius 3 is 1.42 bits per heavy atom. The number of rotatable bonds is 9. The predicted molar refractivity (Wildman–Crippen MR) is 262 cm³/mol. The van der Waals surface area contributed by atoms with Crippen molar-refractivity contribution in [3.05, 3.63) is 242 Å². The molecule has 0 aliphatic carbocycles. The van der Waals surface area contributed by atoms with E-state index in [1.54, 1.807) is 0 Å². The third-order valence-corrected chi connectivity index (χ3v) is 12.0. The molecule has 11 rings (SSSR count). The first-order chi connectivity index (χ1) is 30.7. The molecule has 1 heterocycles. The maximum Gasteiger partial charge on any atom is 0.137 e. The van der Waals surface area contributed by atoms with E-state index in [0.29, 0.717) is 0 Å². The van der Waals surface area contributed by atoms with E-state index < -0.39 is 0 Å². The highest BCUT2D eigenvalue weighted by Crippen LogP contribution is 2.46. The molecule has 3 nitrogen and oxygen atoms in total. The number of aryl methyl sites for hydroxylation is 1. The summed E-state index contributed by atoms with van der Waals surface area (Å²) < 4.78 is 6.55. The highest BCUT2D eigenvalue weighted by molar-refractivity contribution is 6.08. The van der Waals surface area contributed by atoms with E-state index in [0.717, 1.165) is 72.9 Å². The average Bonchev–Trinajstić information content (AvgIpc) is 3.72. The maximum absolute atomic E-state index is 6.55. The molecule has 0 aliphatic heterocycles. The largest absolute Gasteiger partial charge is 0.456 e. The highest BCUT2D eigenvalue weighted by atomic mass is 16.3. The summed E-state index contributed by atoms with van der Waals surface area (Å²) in [6, 6.07) is 84.7. The second-order valence-electron chi connectivity index (χ2n) is 15.8. The van der Waals surface area contributed by atoms with Crippen molar-refractivity contribution in [1.82, 2.24) is 0 Å². The molecule has 62 heavy (non-hydrogen) atoms. The van der Waals surface area contributed by atoms with Crippen LogP contribution >= 0.6 is 0 Å². The molecule has 0 N–H and O–H groups in total. The van der Waals surface area contributed by atoms with Crippen molar-refractivity contribution >= 4 is 66.8 Å². The van der Waals surface area contributed by atoms with Crippen LogP contribution in [0.3, 0.4) is 0 Å². The summed E-state index contributed by atoms with van der Waals surface area (Å²) in [5, 5.41) is 4.67. The molecule has 0 radical (unpaired) electrons. The Balaban J connectivity index is 1.02. The zero-order valence-electron chi connectivity index (χ0n) is 34.3. The van der Waals surface area contributed by atoms with E-state index in [2.05, 4.69) is 253 Å². The molecule has 0 saturated carbocycles. The predicted octanol–water partition coefficient (Wildman–Crippen LogP) is 17.0. The topological polar surface area (TPSA) is 19.6 Å². The fraction of sp³-hybridized carbons (Fsp3) is 0.0169. The lowest BCUT2D eigenvalue weighted by atomic mass is 9.94. The highest BCUT2D eigenvalue weighted by Gasteiger charge is 2.21. The molecule has 0 spiro atoms. The van der Waals surface area contributed by atoms with Crippen molar-refractivity contribution < 1.29 is 4.42 Å². The number of fused-ring (bicyclic) bond motifs is 4. The van der Waals surface area contributed by atoms with Gasteiger partial charge in [0.2, 0.25) is 0 Å². The van der Waals surface area contributed by atoms with Crippen LogP contribution in [0.5, 0.6) is 0 Å². The third-order valence-electron chi connectivity index (χ3n) is 12.0. The fourth-order valence-electron chi connectivity index (χ4n) is 8.99. The van der Waals surface area contributed by atoms with Gasteiger partial charge in [0, 0.05) is 50.8 Å². The Bertz CT molecular complexity index is 3300. The van der Waals surface area contributed by atoms with Crippen LogP contribution in [0.1, 0.15) is 5.56 Å². The number of hydrogen-bond acceptors (Lipinski definition) is 3. The number of furan rings is 1. The Morgan fingerprint density at radius 2 is 0.806 bits per heavy atom. The molecule has 0 fully saturated rings. The zero-order chi connectivity index (χ0) is 41.4. The summed E-state index contributed by atoms with van der Waals surface area (Å²) in [5.74, 6) is 0. The van der Waals surface area contributed by atoms with Crippen LogP contribution in [0.25, 0.3) is 66.1 Å². The van der Waals surface area contributed by atoms with Gasteiger partial charge in [0.1, 0.15) is 11.2 Å². The van der Waals surface area contributed by atoms with Gasteiger partial charge in [-0.05, 0) is 130 Å². The summed E-state index contributed by atoms with van der Waals surface area (Å²) >= 11 is 0. The molecule has 10 aromatic carbocycles. The lowest BCUT2D eigenvalue weighted by Crippen LogP contribution is -2.11. The van der Waals surface area contributed by atoms with Crippen molar-refractivity contribution in [1.29, 1.82) is 0 Å². The van der Waals surface area contributed by atoms with E-state index in [-0.39, 0.29) is 0 Å². The Morgan fingerprint density at radius 1 is 0.323 bits per heavy atom. The van der Waals surface area contributed by atoms with Gasteiger partial charge in [-0.15, -0.1) is 0 Å². The molecular formula is C59H42N2O. The summed E-state index contributed by atoms with van der Waals surface area (Å²) in [5.41, 5.74) is 16.5. The fourth-order valence-corrected chi connectivity index (χ4v) is 8.99. The second kappa shape index (κ2) is 15.8. The number of nitrogens with zero attached hydrogens (tertiary/aromatic N) is 2. The van der Waals surface area contributed by atoms with E-state index in [4.69, 9.17) is 4.42 Å². The van der Waals surface area contributed by atoms with Gasteiger partial charge in [-0.3, -0.25) is 0 Å². The lowest BCUT2D eigenvalue weighted by molar-refractivity contribution is 0.669.